The number of aromatic nitrogens is 4. The van der Waals surface area contributed by atoms with Gasteiger partial charge in [-0.05, 0) is 23.6 Å². The van der Waals surface area contributed by atoms with E-state index in [0.717, 1.165) is 16.5 Å². The summed E-state index contributed by atoms with van der Waals surface area (Å²) in [4.78, 5) is 28.9. The summed E-state index contributed by atoms with van der Waals surface area (Å²) in [6.07, 6.45) is 1.64. The van der Waals surface area contributed by atoms with Crippen molar-refractivity contribution >= 4 is 45.4 Å². The molecule has 0 saturated heterocycles. The quantitative estimate of drug-likeness (QED) is 0.407. The minimum Gasteiger partial charge on any atom is -0.481 e. The number of hydrogen-bond donors (Lipinski definition) is 3. The number of nitrogens with one attached hydrogen (secondary N) is 2. The van der Waals surface area contributed by atoms with Gasteiger partial charge in [0.2, 0.25) is 0 Å². The predicted molar refractivity (Wildman–Crippen MR) is 124 cm³/mol. The fourth-order valence-electron chi connectivity index (χ4n) is 3.97. The van der Waals surface area contributed by atoms with Crippen LogP contribution in [-0.2, 0) is 4.79 Å². The molecule has 32 heavy (non-hydrogen) atoms. The van der Waals surface area contributed by atoms with E-state index in [-0.39, 0.29) is 17.4 Å². The maximum Gasteiger partial charge on any atom is 0.305 e. The summed E-state index contributed by atoms with van der Waals surface area (Å²) < 4.78 is 1.93. The van der Waals surface area contributed by atoms with Crippen LogP contribution < -0.4 is 5.32 Å². The average molecular weight is 454 g/mol. The molecule has 4 aromatic rings. The van der Waals surface area contributed by atoms with E-state index in [4.69, 9.17) is 16.6 Å². The number of carbonyl (C=O) groups excluding carboxylic acids is 1. The molecular weight excluding hydrogens is 430 g/mol. The number of hydrogen-bond acceptors (Lipinski definition) is 4. The van der Waals surface area contributed by atoms with Crippen molar-refractivity contribution in [3.63, 3.8) is 0 Å². The highest BCUT2D eigenvalue weighted by Gasteiger charge is 2.33. The summed E-state index contributed by atoms with van der Waals surface area (Å²) in [5, 5.41) is 20.5. The topological polar surface area (TPSA) is 113 Å². The molecule has 0 fully saturated rings. The summed E-state index contributed by atoms with van der Waals surface area (Å²) in [5.41, 5.74) is 2.79. The molecule has 2 aromatic carbocycles. The molecule has 0 aliphatic rings. The lowest BCUT2D eigenvalue weighted by atomic mass is 9.84. The Morgan fingerprint density at radius 2 is 2.00 bits per heavy atom. The van der Waals surface area contributed by atoms with Gasteiger partial charge in [-0.25, -0.2) is 4.98 Å². The van der Waals surface area contributed by atoms with Crippen LogP contribution in [0.3, 0.4) is 0 Å². The van der Waals surface area contributed by atoms with Crippen LogP contribution in [-0.4, -0.2) is 43.8 Å². The van der Waals surface area contributed by atoms with Gasteiger partial charge >= 0.3 is 5.97 Å². The Labute approximate surface area is 189 Å². The van der Waals surface area contributed by atoms with Gasteiger partial charge in [-0.1, -0.05) is 44.5 Å². The van der Waals surface area contributed by atoms with E-state index in [1.165, 1.54) is 7.05 Å². The van der Waals surface area contributed by atoms with Crippen molar-refractivity contribution in [2.75, 3.05) is 7.05 Å². The van der Waals surface area contributed by atoms with Crippen LogP contribution in [0.4, 0.5) is 0 Å². The molecule has 166 valence electrons. The van der Waals surface area contributed by atoms with E-state index in [1.807, 2.05) is 43.5 Å². The van der Waals surface area contributed by atoms with Gasteiger partial charge < -0.3 is 15.0 Å². The molecule has 1 amide bonds. The summed E-state index contributed by atoms with van der Waals surface area (Å²) in [6, 6.07) is 8.71. The first-order valence-corrected chi connectivity index (χ1v) is 10.6. The zero-order valence-corrected chi connectivity index (χ0v) is 19.0. The number of imidazole rings is 1. The van der Waals surface area contributed by atoms with Crippen LogP contribution in [0, 0.1) is 5.41 Å². The summed E-state index contributed by atoms with van der Waals surface area (Å²) in [5.74, 6) is -0.623. The van der Waals surface area contributed by atoms with Crippen molar-refractivity contribution in [3.05, 3.63) is 47.1 Å². The first-order chi connectivity index (χ1) is 15.1. The Balaban J connectivity index is 2.05. The highest BCUT2D eigenvalue weighted by Crippen LogP contribution is 2.41. The van der Waals surface area contributed by atoms with Crippen molar-refractivity contribution in [2.45, 2.75) is 33.2 Å². The fourth-order valence-corrected chi connectivity index (χ4v) is 4.21. The van der Waals surface area contributed by atoms with Crippen LogP contribution in [0.15, 0.2) is 36.5 Å². The lowest BCUT2D eigenvalue weighted by molar-refractivity contribution is -0.138. The Bertz CT molecular complexity index is 1350. The monoisotopic (exact) mass is 453 g/mol. The van der Waals surface area contributed by atoms with E-state index < -0.39 is 17.4 Å². The molecule has 0 spiro atoms. The second-order valence-corrected chi connectivity index (χ2v) is 9.26. The third-order valence-corrected chi connectivity index (χ3v) is 5.94. The maximum absolute atomic E-state index is 12.3. The van der Waals surface area contributed by atoms with Crippen LogP contribution >= 0.6 is 11.6 Å². The Morgan fingerprint density at radius 1 is 1.25 bits per heavy atom. The van der Waals surface area contributed by atoms with Gasteiger partial charge in [0.1, 0.15) is 5.82 Å². The maximum atomic E-state index is 12.3. The van der Waals surface area contributed by atoms with Crippen LogP contribution in [0.2, 0.25) is 5.02 Å². The zero-order valence-electron chi connectivity index (χ0n) is 18.2. The largest absolute Gasteiger partial charge is 0.481 e. The number of amides is 1. The van der Waals surface area contributed by atoms with Crippen LogP contribution in [0.5, 0.6) is 0 Å². The molecule has 9 heteroatoms. The predicted octanol–water partition coefficient (Wildman–Crippen LogP) is 4.65. The smallest absolute Gasteiger partial charge is 0.305 e. The molecule has 1 unspecified atom stereocenters. The van der Waals surface area contributed by atoms with Crippen molar-refractivity contribution in [1.82, 2.24) is 25.1 Å². The van der Waals surface area contributed by atoms with E-state index in [1.54, 1.807) is 18.3 Å². The normalized spacial score (nSPS) is 12.9. The molecule has 0 saturated carbocycles. The van der Waals surface area contributed by atoms with E-state index >= 15 is 0 Å². The van der Waals surface area contributed by atoms with E-state index in [2.05, 4.69) is 15.5 Å². The summed E-state index contributed by atoms with van der Waals surface area (Å²) in [6.45, 7) is 5.98. The molecule has 0 aliphatic carbocycles. The van der Waals surface area contributed by atoms with Gasteiger partial charge in [-0.15, -0.1) is 0 Å². The number of H-pyrrole nitrogens is 1. The number of nitrogens with zero attached hydrogens (tertiary/aromatic N) is 3. The molecule has 0 radical (unpaired) electrons. The highest BCUT2D eigenvalue weighted by molar-refractivity contribution is 6.34. The third kappa shape index (κ3) is 3.82. The van der Waals surface area contributed by atoms with Crippen LogP contribution in [0.25, 0.3) is 33.3 Å². The Hall–Kier alpha value is -3.39. The number of aromatic amines is 1. The van der Waals surface area contributed by atoms with Gasteiger partial charge in [-0.2, -0.15) is 5.10 Å². The van der Waals surface area contributed by atoms with Crippen molar-refractivity contribution in [3.8, 4) is 11.4 Å². The average Bonchev–Trinajstić information content (AvgIpc) is 3.33. The van der Waals surface area contributed by atoms with Crippen molar-refractivity contribution < 1.29 is 14.7 Å². The molecule has 2 heterocycles. The van der Waals surface area contributed by atoms with Crippen LogP contribution in [0.1, 0.15) is 43.6 Å². The van der Waals surface area contributed by atoms with Crippen molar-refractivity contribution in [1.29, 1.82) is 0 Å². The Kier molecular flexibility index (Phi) is 5.42. The minimum absolute atomic E-state index is 0.0942. The van der Waals surface area contributed by atoms with E-state index in [0.29, 0.717) is 22.4 Å². The number of benzene rings is 2. The fraction of sp³-hybridized carbons (Fsp3) is 0.304. The lowest BCUT2D eigenvalue weighted by Crippen LogP contribution is -2.27. The first-order valence-electron chi connectivity index (χ1n) is 10.2. The highest BCUT2D eigenvalue weighted by atomic mass is 35.5. The number of carbonyl (C=O) groups is 2. The number of fused-ring (bicyclic) bond motifs is 2. The molecule has 0 bridgehead atoms. The number of rotatable bonds is 5. The van der Waals surface area contributed by atoms with Gasteiger partial charge in [-0.3, -0.25) is 14.7 Å². The SMILES string of the molecule is CNC(=O)c1cc2nc(-c3ccc4cn[nH]c4c3)n(C(CC(=O)O)C(C)(C)C)c2cc1Cl. The lowest BCUT2D eigenvalue weighted by Gasteiger charge is -2.32. The third-order valence-electron chi connectivity index (χ3n) is 5.63. The first kappa shape index (κ1) is 21.8. The Morgan fingerprint density at radius 3 is 2.66 bits per heavy atom. The second-order valence-electron chi connectivity index (χ2n) is 8.86. The standard InChI is InChI=1S/C23H24ClN5O3/c1-23(2,3)19(10-20(30)31)29-18-9-15(24)14(22(32)25-4)8-17(18)27-21(29)12-5-6-13-11-26-28-16(13)7-12/h5-9,11,19H,10H2,1-4H3,(H,25,32)(H,26,28)(H,30,31). The van der Waals surface area contributed by atoms with Gasteiger partial charge in [0.15, 0.2) is 0 Å². The molecule has 3 N–H and O–H groups in total. The van der Waals surface area contributed by atoms with Gasteiger partial charge in [0, 0.05) is 18.0 Å². The van der Waals surface area contributed by atoms with Crippen molar-refractivity contribution in [2.24, 2.45) is 5.41 Å². The number of carboxylic acids is 1. The second kappa shape index (κ2) is 7.94. The number of carboxylic acid groups (broad SMARTS) is 1. The minimum atomic E-state index is -0.908. The summed E-state index contributed by atoms with van der Waals surface area (Å²) >= 11 is 6.46. The molecule has 1 atom stereocenters. The molecule has 8 nitrogen and oxygen atoms in total. The molecule has 4 rings (SSSR count). The number of halogens is 1. The number of aliphatic carboxylic acids is 1. The molecule has 2 aromatic heterocycles. The zero-order chi connectivity index (χ0) is 23.2. The molecular formula is C23H24ClN5O3. The van der Waals surface area contributed by atoms with Gasteiger partial charge in [0.05, 0.1) is 45.8 Å². The van der Waals surface area contributed by atoms with E-state index in [9.17, 15) is 14.7 Å². The summed E-state index contributed by atoms with van der Waals surface area (Å²) in [7, 11) is 1.54. The van der Waals surface area contributed by atoms with Gasteiger partial charge in [0.25, 0.3) is 5.91 Å². The molecule has 0 aliphatic heterocycles.